The van der Waals surface area contributed by atoms with Gasteiger partial charge in [-0.15, -0.1) is 0 Å². The van der Waals surface area contributed by atoms with Crippen LogP contribution in [-0.4, -0.2) is 11.7 Å². The van der Waals surface area contributed by atoms with Gasteiger partial charge in [-0.1, -0.05) is 30.3 Å². The lowest BCUT2D eigenvalue weighted by atomic mass is 9.96. The van der Waals surface area contributed by atoms with Crippen LogP contribution in [0.5, 0.6) is 5.75 Å². The van der Waals surface area contributed by atoms with Gasteiger partial charge in [0.1, 0.15) is 5.75 Å². The summed E-state index contributed by atoms with van der Waals surface area (Å²) in [5, 5.41) is 12.0. The van der Waals surface area contributed by atoms with Crippen LogP contribution in [0.15, 0.2) is 36.4 Å². The van der Waals surface area contributed by atoms with E-state index < -0.39 is 0 Å². The Morgan fingerprint density at radius 3 is 2.62 bits per heavy atom. The Hall–Kier alpha value is -1.58. The Balaban J connectivity index is 2.61. The Labute approximate surface area is 94.7 Å². The summed E-state index contributed by atoms with van der Waals surface area (Å²) in [4.78, 5) is 0. The minimum Gasteiger partial charge on any atom is -0.508 e. The first-order valence-electron chi connectivity index (χ1n) is 5.40. The standard InChI is InChI=1S/C13H16N2O/c14-8-7-11(15)13-10-4-2-1-3-9(10)5-6-12(13)16/h1-6,11,16H,7-8,14-15H2/t11-/m0/s1. The van der Waals surface area contributed by atoms with E-state index in [4.69, 9.17) is 11.5 Å². The van der Waals surface area contributed by atoms with E-state index in [-0.39, 0.29) is 11.8 Å². The van der Waals surface area contributed by atoms with Crippen molar-refractivity contribution in [1.82, 2.24) is 0 Å². The Morgan fingerprint density at radius 1 is 1.12 bits per heavy atom. The molecule has 0 heterocycles. The van der Waals surface area contributed by atoms with Crippen molar-refractivity contribution < 1.29 is 5.11 Å². The number of benzene rings is 2. The third-order valence-electron chi connectivity index (χ3n) is 2.80. The van der Waals surface area contributed by atoms with E-state index in [1.807, 2.05) is 30.3 Å². The zero-order valence-electron chi connectivity index (χ0n) is 9.06. The molecule has 0 spiro atoms. The van der Waals surface area contributed by atoms with Crippen molar-refractivity contribution >= 4 is 10.8 Å². The maximum atomic E-state index is 9.88. The first-order chi connectivity index (χ1) is 7.74. The highest BCUT2D eigenvalue weighted by molar-refractivity contribution is 5.88. The molecule has 0 fully saturated rings. The number of aromatic hydroxyl groups is 1. The third kappa shape index (κ3) is 1.87. The third-order valence-corrected chi connectivity index (χ3v) is 2.80. The van der Waals surface area contributed by atoms with Crippen LogP contribution in [0.25, 0.3) is 10.8 Å². The number of rotatable bonds is 3. The molecular weight excluding hydrogens is 200 g/mol. The van der Waals surface area contributed by atoms with E-state index in [2.05, 4.69) is 0 Å². The number of phenolic OH excluding ortho intramolecular Hbond substituents is 1. The van der Waals surface area contributed by atoms with Gasteiger partial charge in [-0.2, -0.15) is 0 Å². The highest BCUT2D eigenvalue weighted by Crippen LogP contribution is 2.32. The van der Waals surface area contributed by atoms with Crippen molar-refractivity contribution in [2.24, 2.45) is 11.5 Å². The van der Waals surface area contributed by atoms with Crippen molar-refractivity contribution in [3.05, 3.63) is 42.0 Å². The molecular formula is C13H16N2O. The maximum absolute atomic E-state index is 9.88. The predicted octanol–water partition coefficient (Wildman–Crippen LogP) is 1.89. The predicted molar refractivity (Wildman–Crippen MR) is 66.2 cm³/mol. The zero-order chi connectivity index (χ0) is 11.5. The summed E-state index contributed by atoms with van der Waals surface area (Å²) in [6.45, 7) is 0.518. The number of fused-ring (bicyclic) bond motifs is 1. The summed E-state index contributed by atoms with van der Waals surface area (Å²) in [6, 6.07) is 11.3. The maximum Gasteiger partial charge on any atom is 0.120 e. The first-order valence-corrected chi connectivity index (χ1v) is 5.40. The van der Waals surface area contributed by atoms with Gasteiger partial charge in [0.15, 0.2) is 0 Å². The van der Waals surface area contributed by atoms with E-state index >= 15 is 0 Å². The van der Waals surface area contributed by atoms with Gasteiger partial charge in [-0.3, -0.25) is 0 Å². The van der Waals surface area contributed by atoms with Gasteiger partial charge in [0.2, 0.25) is 0 Å². The Morgan fingerprint density at radius 2 is 1.88 bits per heavy atom. The molecule has 0 amide bonds. The minimum absolute atomic E-state index is 0.212. The summed E-state index contributed by atoms with van der Waals surface area (Å²) in [5.41, 5.74) is 12.3. The fourth-order valence-electron chi connectivity index (χ4n) is 2.00. The second-order valence-corrected chi connectivity index (χ2v) is 3.90. The first kappa shape index (κ1) is 10.9. The van der Waals surface area contributed by atoms with E-state index in [0.717, 1.165) is 16.3 Å². The second-order valence-electron chi connectivity index (χ2n) is 3.90. The van der Waals surface area contributed by atoms with Gasteiger partial charge >= 0.3 is 0 Å². The Kier molecular flexibility index (Phi) is 3.08. The quantitative estimate of drug-likeness (QED) is 0.733. The summed E-state index contributed by atoms with van der Waals surface area (Å²) in [7, 11) is 0. The fourth-order valence-corrected chi connectivity index (χ4v) is 2.00. The monoisotopic (exact) mass is 216 g/mol. The molecule has 3 heteroatoms. The molecule has 5 N–H and O–H groups in total. The highest BCUT2D eigenvalue weighted by atomic mass is 16.3. The molecule has 0 saturated carbocycles. The smallest absolute Gasteiger partial charge is 0.120 e. The van der Waals surface area contributed by atoms with Gasteiger partial charge in [0.25, 0.3) is 0 Å². The molecule has 1 atom stereocenters. The number of phenols is 1. The van der Waals surface area contributed by atoms with Gasteiger partial charge in [-0.25, -0.2) is 0 Å². The number of hydrogen-bond acceptors (Lipinski definition) is 3. The van der Waals surface area contributed by atoms with Gasteiger partial charge < -0.3 is 16.6 Å². The van der Waals surface area contributed by atoms with Crippen LogP contribution < -0.4 is 11.5 Å². The second kappa shape index (κ2) is 4.51. The van der Waals surface area contributed by atoms with Crippen molar-refractivity contribution in [3.8, 4) is 5.75 Å². The van der Waals surface area contributed by atoms with Crippen molar-refractivity contribution in [2.75, 3.05) is 6.54 Å². The molecule has 0 bridgehead atoms. The molecule has 2 aromatic carbocycles. The molecule has 0 aliphatic heterocycles. The molecule has 2 rings (SSSR count). The SMILES string of the molecule is NCC[C@H](N)c1c(O)ccc2ccccc12. The summed E-state index contributed by atoms with van der Waals surface area (Å²) in [6.07, 6.45) is 0.668. The van der Waals surface area contributed by atoms with Crippen LogP contribution >= 0.6 is 0 Å². The molecule has 0 aromatic heterocycles. The summed E-state index contributed by atoms with van der Waals surface area (Å²) in [5.74, 6) is 0.250. The molecule has 0 saturated heterocycles. The van der Waals surface area contributed by atoms with Crippen LogP contribution in [-0.2, 0) is 0 Å². The van der Waals surface area contributed by atoms with Crippen molar-refractivity contribution in [2.45, 2.75) is 12.5 Å². The van der Waals surface area contributed by atoms with Crippen molar-refractivity contribution in [3.63, 3.8) is 0 Å². The topological polar surface area (TPSA) is 72.3 Å². The van der Waals surface area contributed by atoms with Gasteiger partial charge in [0, 0.05) is 11.6 Å². The summed E-state index contributed by atoms with van der Waals surface area (Å²) < 4.78 is 0. The van der Waals surface area contributed by atoms with Crippen LogP contribution in [0.3, 0.4) is 0 Å². The molecule has 84 valence electrons. The zero-order valence-corrected chi connectivity index (χ0v) is 9.06. The van der Waals surface area contributed by atoms with Gasteiger partial charge in [0.05, 0.1) is 0 Å². The van der Waals surface area contributed by atoms with E-state index in [9.17, 15) is 5.11 Å². The summed E-state index contributed by atoms with van der Waals surface area (Å²) >= 11 is 0. The molecule has 0 aliphatic rings. The van der Waals surface area contributed by atoms with E-state index in [0.29, 0.717) is 13.0 Å². The van der Waals surface area contributed by atoms with Gasteiger partial charge in [-0.05, 0) is 29.8 Å². The lowest BCUT2D eigenvalue weighted by Crippen LogP contribution is -2.15. The van der Waals surface area contributed by atoms with Crippen LogP contribution in [0.1, 0.15) is 18.0 Å². The average molecular weight is 216 g/mol. The van der Waals surface area contributed by atoms with Crippen molar-refractivity contribution in [1.29, 1.82) is 0 Å². The highest BCUT2D eigenvalue weighted by Gasteiger charge is 2.13. The number of hydrogen-bond donors (Lipinski definition) is 3. The Bertz CT molecular complexity index is 496. The molecule has 16 heavy (non-hydrogen) atoms. The normalized spacial score (nSPS) is 12.9. The van der Waals surface area contributed by atoms with Crippen LogP contribution in [0.2, 0.25) is 0 Å². The minimum atomic E-state index is -0.212. The molecule has 0 aliphatic carbocycles. The van der Waals surface area contributed by atoms with Crippen LogP contribution in [0.4, 0.5) is 0 Å². The molecule has 0 unspecified atom stereocenters. The van der Waals surface area contributed by atoms with E-state index in [1.54, 1.807) is 6.07 Å². The lowest BCUT2D eigenvalue weighted by Gasteiger charge is -2.15. The van der Waals surface area contributed by atoms with Crippen LogP contribution in [0, 0.1) is 0 Å². The molecule has 2 aromatic rings. The number of nitrogens with two attached hydrogens (primary N) is 2. The molecule has 3 nitrogen and oxygen atoms in total. The fraction of sp³-hybridized carbons (Fsp3) is 0.231. The average Bonchev–Trinajstić information content (AvgIpc) is 2.29. The molecule has 0 radical (unpaired) electrons. The lowest BCUT2D eigenvalue weighted by molar-refractivity contribution is 0.461. The van der Waals surface area contributed by atoms with E-state index in [1.165, 1.54) is 0 Å². The largest absolute Gasteiger partial charge is 0.508 e.